The van der Waals surface area contributed by atoms with Crippen LogP contribution in [0.15, 0.2) is 23.2 Å². The van der Waals surface area contributed by atoms with Gasteiger partial charge in [0.15, 0.2) is 5.96 Å². The number of nitrogens with zero attached hydrogens (tertiary/aromatic N) is 2. The molecule has 4 atom stereocenters. The summed E-state index contributed by atoms with van der Waals surface area (Å²) in [4.78, 5) is 33.3. The average Bonchev–Trinajstić information content (AvgIpc) is 3.81. The van der Waals surface area contributed by atoms with E-state index in [-0.39, 0.29) is 17.4 Å². The number of hydrogen-bond donors (Lipinski definition) is 8. The van der Waals surface area contributed by atoms with Gasteiger partial charge in [-0.1, -0.05) is 6.07 Å². The first-order chi connectivity index (χ1) is 23.2. The van der Waals surface area contributed by atoms with Crippen LogP contribution in [0.3, 0.4) is 0 Å². The van der Waals surface area contributed by atoms with E-state index in [1.807, 2.05) is 6.07 Å². The SMILES string of the molecule is NC(N)=NCCN[C@@H]1CC[C@@]2(O)[C@H]3Cc4ccc(O)cc4[C@@]2(CCN3CC2CC2)C1.O=C(O)C(F)(F)F.O=C(O)C(F)(F)F.O=C(O)C(F)(F)F. The average molecular weight is 756 g/mol. The largest absolute Gasteiger partial charge is 0.508 e. The predicted molar refractivity (Wildman–Crippen MR) is 159 cm³/mol. The highest BCUT2D eigenvalue weighted by atomic mass is 19.4. The summed E-state index contributed by atoms with van der Waals surface area (Å²) in [5.74, 6) is -7.04. The molecule has 0 radical (unpaired) electrons. The summed E-state index contributed by atoms with van der Waals surface area (Å²) in [5, 5.41) is 47.5. The molecule has 10 N–H and O–H groups in total. The zero-order valence-corrected chi connectivity index (χ0v) is 26.7. The number of rotatable bonds is 6. The Labute approximate surface area is 284 Å². The van der Waals surface area contributed by atoms with E-state index < -0.39 is 42.0 Å². The number of nitrogens with two attached hydrogens (primary N) is 2. The molecular weight excluding hydrogens is 717 g/mol. The number of guanidine groups is 1. The lowest BCUT2D eigenvalue weighted by molar-refractivity contribution is -0.193. The van der Waals surface area contributed by atoms with Crippen molar-refractivity contribution >= 4 is 23.9 Å². The van der Waals surface area contributed by atoms with Crippen LogP contribution in [0.4, 0.5) is 39.5 Å². The Hall–Kier alpha value is -4.05. The lowest BCUT2D eigenvalue weighted by atomic mass is 9.49. The Kier molecular flexibility index (Phi) is 14.0. The number of piperidine rings is 1. The Morgan fingerprint density at radius 2 is 1.39 bits per heavy atom. The molecule has 5 rings (SSSR count). The van der Waals surface area contributed by atoms with Gasteiger partial charge in [-0.3, -0.25) is 9.89 Å². The number of aliphatic hydroxyl groups is 1. The number of likely N-dealkylation sites (tertiary alicyclic amines) is 1. The molecule has 13 nitrogen and oxygen atoms in total. The topological polar surface area (TPSA) is 232 Å². The van der Waals surface area contributed by atoms with Crippen LogP contribution in [-0.4, -0.2) is 117 Å². The first-order valence-corrected chi connectivity index (χ1v) is 15.2. The van der Waals surface area contributed by atoms with Gasteiger partial charge in [0.1, 0.15) is 5.75 Å². The number of hydrogen-bond acceptors (Lipinski definition) is 8. The van der Waals surface area contributed by atoms with Crippen molar-refractivity contribution in [2.45, 2.75) is 86.6 Å². The van der Waals surface area contributed by atoms with Gasteiger partial charge in [-0.15, -0.1) is 0 Å². The molecule has 290 valence electrons. The van der Waals surface area contributed by atoms with E-state index in [2.05, 4.69) is 21.3 Å². The van der Waals surface area contributed by atoms with Crippen molar-refractivity contribution in [2.75, 3.05) is 26.2 Å². The third-order valence-electron chi connectivity index (χ3n) is 8.89. The number of carboxylic acids is 3. The maximum atomic E-state index is 12.3. The maximum absolute atomic E-state index is 12.3. The highest BCUT2D eigenvalue weighted by molar-refractivity contribution is 5.75. The fourth-order valence-corrected chi connectivity index (χ4v) is 6.58. The molecular formula is C29H38F9N5O8. The van der Waals surface area contributed by atoms with E-state index >= 15 is 0 Å². The number of benzene rings is 1. The number of carboxylic acid groups (broad SMARTS) is 3. The summed E-state index contributed by atoms with van der Waals surface area (Å²) >= 11 is 0. The van der Waals surface area contributed by atoms with Crippen LogP contribution in [0.25, 0.3) is 0 Å². The zero-order valence-electron chi connectivity index (χ0n) is 26.7. The van der Waals surface area contributed by atoms with Gasteiger partial charge in [-0.25, -0.2) is 14.4 Å². The Morgan fingerprint density at radius 1 is 0.882 bits per heavy atom. The van der Waals surface area contributed by atoms with E-state index in [0.29, 0.717) is 18.3 Å². The number of phenolic OH excluding ortho intramolecular Hbond substituents is 1. The highest BCUT2D eigenvalue weighted by Gasteiger charge is 2.64. The number of phenols is 1. The van der Waals surface area contributed by atoms with Crippen LogP contribution in [-0.2, 0) is 26.2 Å². The molecule has 0 spiro atoms. The molecule has 0 amide bonds. The number of carbonyl (C=O) groups is 3. The Balaban J connectivity index is 0.000000352. The summed E-state index contributed by atoms with van der Waals surface area (Å²) in [6.45, 7) is 3.43. The number of aromatic hydroxyl groups is 1. The second-order valence-electron chi connectivity index (χ2n) is 12.4. The van der Waals surface area contributed by atoms with Gasteiger partial charge in [-0.2, -0.15) is 39.5 Å². The molecule has 2 bridgehead atoms. The molecule has 3 fully saturated rings. The quantitative estimate of drug-likeness (QED) is 0.0907. The van der Waals surface area contributed by atoms with Gasteiger partial charge in [0.25, 0.3) is 0 Å². The molecule has 0 unspecified atom stereocenters. The molecule has 1 saturated heterocycles. The molecule has 51 heavy (non-hydrogen) atoms. The number of alkyl halides is 9. The van der Waals surface area contributed by atoms with Crippen molar-refractivity contribution in [1.82, 2.24) is 10.2 Å². The van der Waals surface area contributed by atoms with Gasteiger partial charge in [0, 0.05) is 30.6 Å². The molecule has 1 aromatic rings. The van der Waals surface area contributed by atoms with E-state index in [1.165, 1.54) is 24.0 Å². The molecule has 22 heteroatoms. The van der Waals surface area contributed by atoms with Gasteiger partial charge in [0.05, 0.1) is 12.1 Å². The smallest absolute Gasteiger partial charge is 0.490 e. The minimum absolute atomic E-state index is 0.121. The lowest BCUT2D eigenvalue weighted by Gasteiger charge is -2.65. The molecule has 0 aromatic heterocycles. The summed E-state index contributed by atoms with van der Waals surface area (Å²) in [7, 11) is 0. The van der Waals surface area contributed by atoms with Crippen molar-refractivity contribution in [3.8, 4) is 5.75 Å². The second kappa shape index (κ2) is 16.5. The van der Waals surface area contributed by atoms with Crippen LogP contribution < -0.4 is 16.8 Å². The van der Waals surface area contributed by atoms with E-state index in [4.69, 9.17) is 41.2 Å². The first-order valence-electron chi connectivity index (χ1n) is 15.2. The molecule has 2 saturated carbocycles. The minimum atomic E-state index is -5.08. The zero-order chi connectivity index (χ0) is 39.2. The number of aliphatic carboxylic acids is 3. The van der Waals surface area contributed by atoms with Crippen LogP contribution in [0.1, 0.15) is 49.7 Å². The van der Waals surface area contributed by atoms with Crippen molar-refractivity contribution in [2.24, 2.45) is 22.4 Å². The van der Waals surface area contributed by atoms with E-state index in [1.54, 1.807) is 6.07 Å². The van der Waals surface area contributed by atoms with Crippen LogP contribution >= 0.6 is 0 Å². The highest BCUT2D eigenvalue weighted by Crippen LogP contribution is 2.58. The molecule has 3 aliphatic carbocycles. The van der Waals surface area contributed by atoms with E-state index in [9.17, 15) is 49.7 Å². The van der Waals surface area contributed by atoms with Crippen LogP contribution in [0, 0.1) is 5.92 Å². The van der Waals surface area contributed by atoms with Gasteiger partial charge >= 0.3 is 36.4 Å². The van der Waals surface area contributed by atoms with Crippen molar-refractivity contribution in [3.05, 3.63) is 29.3 Å². The Morgan fingerprint density at radius 3 is 1.84 bits per heavy atom. The second-order valence-corrected chi connectivity index (χ2v) is 12.4. The van der Waals surface area contributed by atoms with Gasteiger partial charge < -0.3 is 42.3 Å². The normalized spacial score (nSPS) is 25.5. The number of fused-ring (bicyclic) bond motifs is 1. The van der Waals surface area contributed by atoms with Crippen molar-refractivity contribution < 1.29 is 79.4 Å². The molecule has 1 aromatic carbocycles. The maximum Gasteiger partial charge on any atom is 0.490 e. The third kappa shape index (κ3) is 11.7. The summed E-state index contributed by atoms with van der Waals surface area (Å²) in [6.07, 6.45) is -8.15. The molecule has 4 aliphatic rings. The van der Waals surface area contributed by atoms with Gasteiger partial charge in [-0.05, 0) is 80.7 Å². The standard InChI is InChI=1S/C23H35N5O2.3C2HF3O2/c24-21(25)27-9-8-26-17-5-6-23(30)20-11-16-3-4-18(29)12-19(16)22(23,13-17)7-10-28(20)14-15-1-2-15;3*3-2(4,5)1(6)7/h3-4,12,15,17,20,26,29-30H,1-2,5-11,13-14H2,(H4,24,25,27);3*(H,6,7)/t17-,20-,22-,23-;;;/m1.../s1. The number of halogens is 9. The summed E-state index contributed by atoms with van der Waals surface area (Å²) in [6, 6.07) is 6.29. The monoisotopic (exact) mass is 755 g/mol. The van der Waals surface area contributed by atoms with Gasteiger partial charge in [0.2, 0.25) is 0 Å². The van der Waals surface area contributed by atoms with E-state index in [0.717, 1.165) is 57.7 Å². The van der Waals surface area contributed by atoms with Crippen molar-refractivity contribution in [3.63, 3.8) is 0 Å². The first kappa shape index (κ1) is 43.1. The fraction of sp³-hybridized carbons (Fsp3) is 0.655. The lowest BCUT2D eigenvalue weighted by Crippen LogP contribution is -2.74. The molecule has 1 heterocycles. The third-order valence-corrected chi connectivity index (χ3v) is 8.89. The molecule has 1 aliphatic heterocycles. The summed E-state index contributed by atoms with van der Waals surface area (Å²) < 4.78 is 95.2. The minimum Gasteiger partial charge on any atom is -0.508 e. The number of nitrogens with one attached hydrogen (secondary N) is 1. The van der Waals surface area contributed by atoms with Crippen molar-refractivity contribution in [1.29, 1.82) is 0 Å². The van der Waals surface area contributed by atoms with Crippen LogP contribution in [0.2, 0.25) is 0 Å². The summed E-state index contributed by atoms with van der Waals surface area (Å²) in [5.41, 5.74) is 12.3. The Bertz CT molecular complexity index is 1360. The fourth-order valence-electron chi connectivity index (χ4n) is 6.58. The van der Waals surface area contributed by atoms with Crippen LogP contribution in [0.5, 0.6) is 5.75 Å². The number of aliphatic imine (C=N–C) groups is 1. The predicted octanol–water partition coefficient (Wildman–Crippen LogP) is 2.72.